The molecule has 1 amide bonds. The van der Waals surface area contributed by atoms with Crippen LogP contribution in [0.15, 0.2) is 42.0 Å². The molecule has 0 saturated heterocycles. The maximum Gasteiger partial charge on any atom is 0.266 e. The van der Waals surface area contributed by atoms with Crippen LogP contribution in [0.3, 0.4) is 0 Å². The van der Waals surface area contributed by atoms with E-state index in [0.29, 0.717) is 5.69 Å². The molecule has 0 aromatic heterocycles. The molecule has 1 N–H and O–H groups in total. The number of halogens is 1. The van der Waals surface area contributed by atoms with E-state index in [1.807, 2.05) is 25.2 Å². The molecule has 30 heavy (non-hydrogen) atoms. The summed E-state index contributed by atoms with van der Waals surface area (Å²) in [5.74, 6) is -0.751. The van der Waals surface area contributed by atoms with Gasteiger partial charge in [0.05, 0.1) is 0 Å². The fraction of sp³-hybridized carbons (Fsp3) is 0.360. The minimum Gasteiger partial charge on any atom is -0.369 e. The molecule has 0 spiro atoms. The van der Waals surface area contributed by atoms with Crippen molar-refractivity contribution in [3.63, 3.8) is 0 Å². The number of nitrogens with zero attached hydrogens (tertiary/aromatic N) is 2. The largest absolute Gasteiger partial charge is 0.369 e. The van der Waals surface area contributed by atoms with Crippen molar-refractivity contribution in [2.75, 3.05) is 17.3 Å². The number of aryl methyl sites for hydroxylation is 1. The summed E-state index contributed by atoms with van der Waals surface area (Å²) >= 11 is 0. The first kappa shape index (κ1) is 21.6. The van der Waals surface area contributed by atoms with Gasteiger partial charge in [0.25, 0.3) is 5.91 Å². The first-order valence-electron chi connectivity index (χ1n) is 10.3. The van der Waals surface area contributed by atoms with Crippen molar-refractivity contribution in [2.45, 2.75) is 52.0 Å². The summed E-state index contributed by atoms with van der Waals surface area (Å²) in [5, 5.41) is 12.2. The van der Waals surface area contributed by atoms with Gasteiger partial charge in [0, 0.05) is 29.5 Å². The van der Waals surface area contributed by atoms with Crippen LogP contribution in [-0.4, -0.2) is 18.5 Å². The van der Waals surface area contributed by atoms with Crippen LogP contribution in [0.25, 0.3) is 6.08 Å². The average Bonchev–Trinajstić information content (AvgIpc) is 2.71. The van der Waals surface area contributed by atoms with Gasteiger partial charge in [-0.25, -0.2) is 4.39 Å². The molecule has 1 aliphatic rings. The topological polar surface area (TPSA) is 56.1 Å². The van der Waals surface area contributed by atoms with Crippen LogP contribution in [0.5, 0.6) is 0 Å². The summed E-state index contributed by atoms with van der Waals surface area (Å²) in [4.78, 5) is 14.7. The van der Waals surface area contributed by atoms with Gasteiger partial charge in [0.15, 0.2) is 0 Å². The Balaban J connectivity index is 1.91. The van der Waals surface area contributed by atoms with Crippen LogP contribution in [0.1, 0.15) is 56.7 Å². The Kier molecular flexibility index (Phi) is 5.98. The van der Waals surface area contributed by atoms with E-state index in [2.05, 4.69) is 37.9 Å². The zero-order valence-corrected chi connectivity index (χ0v) is 18.2. The molecule has 1 atom stereocenters. The molecular formula is C25H28FN3O. The molecule has 1 unspecified atom stereocenters. The van der Waals surface area contributed by atoms with Crippen LogP contribution in [0, 0.1) is 17.1 Å². The fourth-order valence-electron chi connectivity index (χ4n) is 4.04. The number of anilines is 2. The van der Waals surface area contributed by atoms with Crippen molar-refractivity contribution >= 4 is 23.4 Å². The van der Waals surface area contributed by atoms with Crippen LogP contribution in [0.2, 0.25) is 0 Å². The number of benzene rings is 2. The monoisotopic (exact) mass is 405 g/mol. The molecule has 5 heteroatoms. The highest BCUT2D eigenvalue weighted by atomic mass is 19.1. The predicted octanol–water partition coefficient (Wildman–Crippen LogP) is 5.66. The van der Waals surface area contributed by atoms with E-state index in [1.165, 1.54) is 12.1 Å². The summed E-state index contributed by atoms with van der Waals surface area (Å²) < 4.78 is 14.9. The summed E-state index contributed by atoms with van der Waals surface area (Å²) in [6, 6.07) is 12.6. The van der Waals surface area contributed by atoms with Crippen LogP contribution < -0.4 is 10.2 Å². The molecule has 0 radical (unpaired) electrons. The van der Waals surface area contributed by atoms with Gasteiger partial charge in [0.1, 0.15) is 17.5 Å². The number of fused-ring (bicyclic) bond motifs is 1. The third kappa shape index (κ3) is 4.23. The van der Waals surface area contributed by atoms with E-state index >= 15 is 0 Å². The number of hydrogen-bond donors (Lipinski definition) is 1. The van der Waals surface area contributed by atoms with Gasteiger partial charge >= 0.3 is 0 Å². The molecule has 0 aliphatic carbocycles. The number of carbonyl (C=O) groups is 1. The summed E-state index contributed by atoms with van der Waals surface area (Å²) in [5.41, 5.74) is 3.68. The quantitative estimate of drug-likeness (QED) is 0.528. The van der Waals surface area contributed by atoms with Crippen LogP contribution >= 0.6 is 0 Å². The Hall–Kier alpha value is -3.13. The molecule has 3 rings (SSSR count). The normalized spacial score (nSPS) is 17.8. The third-order valence-corrected chi connectivity index (χ3v) is 6.04. The van der Waals surface area contributed by atoms with E-state index in [9.17, 15) is 14.4 Å². The zero-order valence-electron chi connectivity index (χ0n) is 18.2. The second-order valence-electron chi connectivity index (χ2n) is 8.58. The molecule has 1 aliphatic heterocycles. The Labute approximate surface area is 178 Å². The van der Waals surface area contributed by atoms with E-state index in [0.717, 1.165) is 29.7 Å². The van der Waals surface area contributed by atoms with Gasteiger partial charge in [0.2, 0.25) is 0 Å². The molecule has 1 heterocycles. The van der Waals surface area contributed by atoms with Gasteiger partial charge in [-0.2, -0.15) is 5.26 Å². The first-order valence-corrected chi connectivity index (χ1v) is 10.3. The number of nitriles is 1. The van der Waals surface area contributed by atoms with E-state index in [4.69, 9.17) is 0 Å². The first-order chi connectivity index (χ1) is 14.2. The van der Waals surface area contributed by atoms with Crippen LogP contribution in [-0.2, 0) is 11.2 Å². The van der Waals surface area contributed by atoms with E-state index in [1.54, 1.807) is 18.2 Å². The lowest BCUT2D eigenvalue weighted by Crippen LogP contribution is -2.45. The van der Waals surface area contributed by atoms with Gasteiger partial charge < -0.3 is 10.2 Å². The molecule has 2 aromatic carbocycles. The van der Waals surface area contributed by atoms with Gasteiger partial charge in [-0.1, -0.05) is 26.0 Å². The van der Waals surface area contributed by atoms with E-state index in [-0.39, 0.29) is 22.6 Å². The molecule has 156 valence electrons. The Bertz CT molecular complexity index is 1030. The molecule has 2 aromatic rings. The standard InChI is InChI=1S/C25H28FN3O/c1-6-17-7-9-20(10-8-17)28-24(30)19(15-27)11-18-12-21-16(2)14-25(3,4)29(5)23(21)13-22(18)26/h7-13,16H,6,14H2,1-5H3,(H,28,30)/b19-11+. The summed E-state index contributed by atoms with van der Waals surface area (Å²) in [6.07, 6.45) is 3.17. The average molecular weight is 406 g/mol. The highest BCUT2D eigenvalue weighted by Gasteiger charge is 2.34. The number of hydrogen-bond acceptors (Lipinski definition) is 3. The fourth-order valence-corrected chi connectivity index (χ4v) is 4.04. The van der Waals surface area contributed by atoms with Gasteiger partial charge in [-0.3, -0.25) is 4.79 Å². The lowest BCUT2D eigenvalue weighted by molar-refractivity contribution is -0.112. The summed E-state index contributed by atoms with van der Waals surface area (Å²) in [6.45, 7) is 8.46. The SMILES string of the molecule is CCc1ccc(NC(=O)/C(C#N)=C/c2cc3c(cc2F)N(C)C(C)(C)CC3C)cc1. The number of nitrogens with one attached hydrogen (secondary N) is 1. The van der Waals surface area contributed by atoms with Crippen LogP contribution in [0.4, 0.5) is 15.8 Å². The zero-order chi connectivity index (χ0) is 22.1. The van der Waals surface area contributed by atoms with Crippen molar-refractivity contribution in [3.8, 4) is 6.07 Å². The number of amides is 1. The maximum atomic E-state index is 14.9. The minimum atomic E-state index is -0.551. The Morgan fingerprint density at radius 2 is 2.00 bits per heavy atom. The van der Waals surface area contributed by atoms with Crippen molar-refractivity contribution < 1.29 is 9.18 Å². The lowest BCUT2D eigenvalue weighted by atomic mass is 9.80. The highest BCUT2D eigenvalue weighted by molar-refractivity contribution is 6.09. The van der Waals surface area contributed by atoms with E-state index < -0.39 is 11.7 Å². The second-order valence-corrected chi connectivity index (χ2v) is 8.58. The minimum absolute atomic E-state index is 0.0682. The number of carbonyl (C=O) groups excluding carboxylic acids is 1. The van der Waals surface area contributed by atoms with Crippen molar-refractivity contribution in [2.24, 2.45) is 0 Å². The molecule has 4 nitrogen and oxygen atoms in total. The second kappa shape index (κ2) is 8.31. The Morgan fingerprint density at radius 3 is 2.60 bits per heavy atom. The maximum absolute atomic E-state index is 14.9. The lowest BCUT2D eigenvalue weighted by Gasteiger charge is -2.45. The molecule has 0 saturated carbocycles. The van der Waals surface area contributed by atoms with Crippen molar-refractivity contribution in [1.82, 2.24) is 0 Å². The summed E-state index contributed by atoms with van der Waals surface area (Å²) in [7, 11) is 1.97. The van der Waals surface area contributed by atoms with Gasteiger partial charge in [-0.15, -0.1) is 0 Å². The predicted molar refractivity (Wildman–Crippen MR) is 120 cm³/mol. The molecular weight excluding hydrogens is 377 g/mol. The smallest absolute Gasteiger partial charge is 0.266 e. The number of rotatable bonds is 4. The molecule has 0 bridgehead atoms. The Morgan fingerprint density at radius 1 is 1.33 bits per heavy atom. The van der Waals surface area contributed by atoms with Crippen molar-refractivity contribution in [3.05, 3.63) is 64.5 Å². The third-order valence-electron chi connectivity index (χ3n) is 6.04. The highest BCUT2D eigenvalue weighted by Crippen LogP contribution is 2.43. The van der Waals surface area contributed by atoms with Crippen molar-refractivity contribution in [1.29, 1.82) is 5.26 Å². The molecule has 0 fully saturated rings. The van der Waals surface area contributed by atoms with Gasteiger partial charge in [-0.05, 0) is 74.1 Å².